The van der Waals surface area contributed by atoms with E-state index in [4.69, 9.17) is 46.4 Å². The second kappa shape index (κ2) is 7.88. The van der Waals surface area contributed by atoms with Crippen molar-refractivity contribution in [3.8, 4) is 0 Å². The molecule has 1 amide bonds. The minimum atomic E-state index is -4.58. The Bertz CT molecular complexity index is 564. The molecule has 0 heterocycles. The third-order valence-corrected chi connectivity index (χ3v) is 3.44. The summed E-state index contributed by atoms with van der Waals surface area (Å²) in [5.41, 5.74) is -1.13. The van der Waals surface area contributed by atoms with Crippen LogP contribution in [0.25, 0.3) is 0 Å². The Labute approximate surface area is 150 Å². The summed E-state index contributed by atoms with van der Waals surface area (Å²) in [5, 5.41) is 4.58. The molecule has 1 aromatic rings. The van der Waals surface area contributed by atoms with Crippen molar-refractivity contribution < 1.29 is 22.7 Å². The van der Waals surface area contributed by atoms with Gasteiger partial charge in [-0.1, -0.05) is 46.4 Å². The van der Waals surface area contributed by atoms with Crippen LogP contribution in [0.1, 0.15) is 12.5 Å². The maximum absolute atomic E-state index is 12.7. The third kappa shape index (κ3) is 6.33. The van der Waals surface area contributed by atoms with Gasteiger partial charge in [0.15, 0.2) is 0 Å². The SMILES string of the molecule is CCOC(=O)N[C@@H](Nc1cc(C(F)(F)F)ccc1Cl)C(Cl)(Cl)Cl. The van der Waals surface area contributed by atoms with Crippen LogP contribution in [0.3, 0.4) is 0 Å². The van der Waals surface area contributed by atoms with Crippen LogP contribution in [0.5, 0.6) is 0 Å². The number of hydrogen-bond donors (Lipinski definition) is 2. The molecule has 0 unspecified atom stereocenters. The fraction of sp³-hybridized carbons (Fsp3) is 0.417. The lowest BCUT2D eigenvalue weighted by Gasteiger charge is -2.27. The number of carbonyl (C=O) groups is 1. The summed E-state index contributed by atoms with van der Waals surface area (Å²) in [5.74, 6) is 0. The van der Waals surface area contributed by atoms with Gasteiger partial charge in [-0.2, -0.15) is 13.2 Å². The fourth-order valence-corrected chi connectivity index (χ4v) is 1.96. The maximum Gasteiger partial charge on any atom is 0.416 e. The number of benzene rings is 1. The van der Waals surface area contributed by atoms with E-state index in [2.05, 4.69) is 15.4 Å². The smallest absolute Gasteiger partial charge is 0.416 e. The molecule has 0 aliphatic rings. The van der Waals surface area contributed by atoms with Crippen molar-refractivity contribution in [2.75, 3.05) is 11.9 Å². The zero-order chi connectivity index (χ0) is 17.8. The van der Waals surface area contributed by atoms with Crippen LogP contribution in [-0.4, -0.2) is 22.7 Å². The summed E-state index contributed by atoms with van der Waals surface area (Å²) < 4.78 is 40.8. The molecule has 11 heteroatoms. The number of amides is 1. The molecule has 0 aliphatic heterocycles. The molecule has 0 radical (unpaired) electrons. The van der Waals surface area contributed by atoms with Crippen LogP contribution in [-0.2, 0) is 10.9 Å². The Hall–Kier alpha value is -0.760. The quantitative estimate of drug-likeness (QED) is 0.526. The summed E-state index contributed by atoms with van der Waals surface area (Å²) in [7, 11) is 0. The van der Waals surface area contributed by atoms with Crippen LogP contribution in [0.15, 0.2) is 18.2 Å². The van der Waals surface area contributed by atoms with Crippen LogP contribution >= 0.6 is 46.4 Å². The van der Waals surface area contributed by atoms with E-state index >= 15 is 0 Å². The van der Waals surface area contributed by atoms with Gasteiger partial charge in [-0.3, -0.25) is 5.32 Å². The van der Waals surface area contributed by atoms with Crippen molar-refractivity contribution in [2.24, 2.45) is 0 Å². The molecule has 0 spiro atoms. The number of halogens is 7. The van der Waals surface area contributed by atoms with E-state index in [9.17, 15) is 18.0 Å². The summed E-state index contributed by atoms with van der Waals surface area (Å²) in [6.45, 7) is 1.61. The molecule has 0 saturated carbocycles. The molecule has 0 saturated heterocycles. The topological polar surface area (TPSA) is 50.4 Å². The molecular weight excluding hydrogens is 403 g/mol. The lowest BCUT2D eigenvalue weighted by atomic mass is 10.2. The Kier molecular flexibility index (Phi) is 6.95. The van der Waals surface area contributed by atoms with E-state index in [1.54, 1.807) is 6.92 Å². The average molecular weight is 414 g/mol. The van der Waals surface area contributed by atoms with E-state index in [0.717, 1.165) is 18.2 Å². The second-order valence-corrected chi connectivity index (χ2v) is 6.95. The Morgan fingerprint density at radius 1 is 1.30 bits per heavy atom. The van der Waals surface area contributed by atoms with Crippen LogP contribution in [0.2, 0.25) is 5.02 Å². The molecule has 130 valence electrons. The zero-order valence-electron chi connectivity index (χ0n) is 11.5. The maximum atomic E-state index is 12.7. The number of rotatable bonds is 4. The number of ether oxygens (including phenoxy) is 1. The van der Waals surface area contributed by atoms with Crippen LogP contribution < -0.4 is 10.6 Å². The van der Waals surface area contributed by atoms with Gasteiger partial charge in [0.05, 0.1) is 22.9 Å². The van der Waals surface area contributed by atoms with Gasteiger partial charge in [0, 0.05) is 0 Å². The molecule has 0 bridgehead atoms. The number of anilines is 1. The average Bonchev–Trinajstić information content (AvgIpc) is 2.38. The third-order valence-electron chi connectivity index (χ3n) is 2.46. The summed E-state index contributed by atoms with van der Waals surface area (Å²) in [6, 6.07) is 2.57. The summed E-state index contributed by atoms with van der Waals surface area (Å²) in [6.07, 6.45) is -6.88. The summed E-state index contributed by atoms with van der Waals surface area (Å²) in [4.78, 5) is 11.4. The summed E-state index contributed by atoms with van der Waals surface area (Å²) >= 11 is 23.0. The highest BCUT2D eigenvalue weighted by molar-refractivity contribution is 6.68. The van der Waals surface area contributed by atoms with Crippen LogP contribution in [0, 0.1) is 0 Å². The predicted octanol–water partition coefficient (Wildman–Crippen LogP) is 5.21. The molecule has 1 aromatic carbocycles. The number of alkyl halides is 6. The Balaban J connectivity index is 3.06. The molecule has 4 nitrogen and oxygen atoms in total. The monoisotopic (exact) mass is 412 g/mol. The lowest BCUT2D eigenvalue weighted by molar-refractivity contribution is -0.137. The van der Waals surface area contributed by atoms with E-state index in [1.807, 2.05) is 0 Å². The van der Waals surface area contributed by atoms with E-state index in [1.165, 1.54) is 0 Å². The highest BCUT2D eigenvalue weighted by Gasteiger charge is 2.36. The van der Waals surface area contributed by atoms with Crippen molar-refractivity contribution in [1.29, 1.82) is 0 Å². The van der Waals surface area contributed by atoms with Gasteiger partial charge in [-0.15, -0.1) is 0 Å². The minimum absolute atomic E-state index is 0.0529. The molecule has 1 rings (SSSR count). The van der Waals surface area contributed by atoms with Gasteiger partial charge >= 0.3 is 12.3 Å². The van der Waals surface area contributed by atoms with E-state index in [-0.39, 0.29) is 17.3 Å². The standard InChI is InChI=1S/C12H11Cl4F3N2O2/c1-2-23-10(22)21-9(11(14,15)16)20-8-5-6(12(17,18)19)3-4-7(8)13/h3-5,9,20H,2H2,1H3,(H,21,22)/t9-/m1/s1. The predicted molar refractivity (Wildman–Crippen MR) is 84.3 cm³/mol. The van der Waals surface area contributed by atoms with Gasteiger partial charge in [-0.05, 0) is 25.1 Å². The molecule has 1 atom stereocenters. The van der Waals surface area contributed by atoms with E-state index in [0.29, 0.717) is 0 Å². The van der Waals surface area contributed by atoms with Crippen molar-refractivity contribution in [1.82, 2.24) is 5.32 Å². The first kappa shape index (κ1) is 20.3. The highest BCUT2D eigenvalue weighted by atomic mass is 35.6. The lowest BCUT2D eigenvalue weighted by Crippen LogP contribution is -2.49. The van der Waals surface area contributed by atoms with Gasteiger partial charge in [0.25, 0.3) is 0 Å². The number of carbonyl (C=O) groups excluding carboxylic acids is 1. The molecule has 23 heavy (non-hydrogen) atoms. The second-order valence-electron chi connectivity index (χ2n) is 4.18. The normalized spacial score (nSPS) is 13.4. The first-order valence-corrected chi connectivity index (χ1v) is 7.59. The molecule has 0 aliphatic carbocycles. The molecular formula is C12H11Cl4F3N2O2. The first-order chi connectivity index (χ1) is 10.4. The Morgan fingerprint density at radius 3 is 2.39 bits per heavy atom. The van der Waals surface area contributed by atoms with E-state index < -0.39 is 27.8 Å². The Morgan fingerprint density at radius 2 is 1.91 bits per heavy atom. The van der Waals surface area contributed by atoms with Crippen molar-refractivity contribution >= 4 is 58.2 Å². The minimum Gasteiger partial charge on any atom is -0.450 e. The first-order valence-electron chi connectivity index (χ1n) is 6.08. The van der Waals surface area contributed by atoms with Crippen molar-refractivity contribution in [3.63, 3.8) is 0 Å². The van der Waals surface area contributed by atoms with Crippen molar-refractivity contribution in [3.05, 3.63) is 28.8 Å². The van der Waals surface area contributed by atoms with Crippen molar-refractivity contribution in [2.45, 2.75) is 23.1 Å². The molecule has 0 fully saturated rings. The van der Waals surface area contributed by atoms with Gasteiger partial charge in [0.2, 0.25) is 3.79 Å². The van der Waals surface area contributed by atoms with Gasteiger partial charge in [0.1, 0.15) is 6.17 Å². The van der Waals surface area contributed by atoms with Crippen LogP contribution in [0.4, 0.5) is 23.7 Å². The number of alkyl carbamates (subject to hydrolysis) is 1. The molecule has 0 aromatic heterocycles. The number of hydrogen-bond acceptors (Lipinski definition) is 3. The fourth-order valence-electron chi connectivity index (χ4n) is 1.46. The highest BCUT2D eigenvalue weighted by Crippen LogP contribution is 2.36. The van der Waals surface area contributed by atoms with Gasteiger partial charge in [-0.25, -0.2) is 4.79 Å². The molecule has 2 N–H and O–H groups in total. The van der Waals surface area contributed by atoms with Gasteiger partial charge < -0.3 is 10.1 Å². The number of nitrogens with one attached hydrogen (secondary N) is 2. The largest absolute Gasteiger partial charge is 0.450 e. The zero-order valence-corrected chi connectivity index (χ0v) is 14.5.